The Hall–Kier alpha value is -3.35. The molecule has 4 nitrogen and oxygen atoms in total. The van der Waals surface area contributed by atoms with Gasteiger partial charge in [-0.2, -0.15) is 13.2 Å². The molecule has 5 rings (SSSR count). The molecule has 2 heterocycles. The third-order valence-electron chi connectivity index (χ3n) is 6.85. The Morgan fingerprint density at radius 1 is 1.00 bits per heavy atom. The summed E-state index contributed by atoms with van der Waals surface area (Å²) in [6.07, 6.45) is 2.18. The third-order valence-corrected chi connectivity index (χ3v) is 6.85. The average Bonchev–Trinajstić information content (AvgIpc) is 3.19. The van der Waals surface area contributed by atoms with Crippen LogP contribution in [-0.4, -0.2) is 20.6 Å². The van der Waals surface area contributed by atoms with Crippen LogP contribution in [0.4, 0.5) is 19.0 Å². The maximum Gasteiger partial charge on any atom is 0.416 e. The smallest absolute Gasteiger partial charge is 0.367 e. The average molecular weight is 479 g/mol. The van der Waals surface area contributed by atoms with Gasteiger partial charge in [0, 0.05) is 23.5 Å². The first-order valence-electron chi connectivity index (χ1n) is 12.0. The Balaban J connectivity index is 1.66. The van der Waals surface area contributed by atoms with E-state index in [0.29, 0.717) is 17.3 Å². The van der Waals surface area contributed by atoms with Gasteiger partial charge in [-0.25, -0.2) is 9.97 Å². The fourth-order valence-electron chi connectivity index (χ4n) is 5.69. The number of nitrogens with zero attached hydrogens (tertiary/aromatic N) is 3. The van der Waals surface area contributed by atoms with Crippen molar-refractivity contribution in [3.8, 4) is 16.8 Å². The molecule has 1 saturated carbocycles. The molecule has 1 N–H and O–H groups in total. The Labute approximate surface area is 203 Å². The number of alkyl halides is 3. The Bertz CT molecular complexity index is 1340. The first-order chi connectivity index (χ1) is 16.6. The molecule has 2 atom stereocenters. The number of nitrogens with one attached hydrogen (secondary N) is 1. The quantitative estimate of drug-likeness (QED) is 0.326. The molecule has 2 aromatic carbocycles. The molecule has 7 heteroatoms. The van der Waals surface area contributed by atoms with Gasteiger partial charge in [-0.1, -0.05) is 57.2 Å². The van der Waals surface area contributed by atoms with E-state index in [1.165, 1.54) is 18.8 Å². The summed E-state index contributed by atoms with van der Waals surface area (Å²) in [6, 6.07) is 15.4. The lowest BCUT2D eigenvalue weighted by molar-refractivity contribution is -0.137. The van der Waals surface area contributed by atoms with Crippen molar-refractivity contribution in [2.45, 2.75) is 52.3 Å². The van der Waals surface area contributed by atoms with Crippen molar-refractivity contribution in [1.82, 2.24) is 14.5 Å². The van der Waals surface area contributed by atoms with Crippen LogP contribution in [0.15, 0.2) is 67.1 Å². The molecule has 2 aromatic heterocycles. The molecule has 0 aliphatic heterocycles. The topological polar surface area (TPSA) is 42.7 Å². The summed E-state index contributed by atoms with van der Waals surface area (Å²) in [4.78, 5) is 9.13. The van der Waals surface area contributed by atoms with E-state index in [0.717, 1.165) is 47.3 Å². The number of rotatable bonds is 4. The van der Waals surface area contributed by atoms with Crippen LogP contribution in [0.2, 0.25) is 0 Å². The molecular formula is C28H29F3N4. The molecule has 1 fully saturated rings. The highest BCUT2D eigenvalue weighted by atomic mass is 19.4. The van der Waals surface area contributed by atoms with E-state index in [4.69, 9.17) is 0 Å². The van der Waals surface area contributed by atoms with Crippen LogP contribution < -0.4 is 5.32 Å². The fourth-order valence-corrected chi connectivity index (χ4v) is 5.69. The molecule has 182 valence electrons. The van der Waals surface area contributed by atoms with Gasteiger partial charge in [0.25, 0.3) is 0 Å². The van der Waals surface area contributed by atoms with Gasteiger partial charge in [0.15, 0.2) is 5.65 Å². The van der Waals surface area contributed by atoms with Gasteiger partial charge in [-0.05, 0) is 54.4 Å². The highest BCUT2D eigenvalue weighted by molar-refractivity contribution is 6.02. The van der Waals surface area contributed by atoms with E-state index in [1.807, 2.05) is 36.5 Å². The van der Waals surface area contributed by atoms with Crippen molar-refractivity contribution in [1.29, 1.82) is 0 Å². The zero-order valence-corrected chi connectivity index (χ0v) is 20.1. The minimum Gasteiger partial charge on any atom is -0.367 e. The van der Waals surface area contributed by atoms with Crippen LogP contribution in [0.1, 0.15) is 45.6 Å². The van der Waals surface area contributed by atoms with Gasteiger partial charge in [-0.3, -0.25) is 0 Å². The molecule has 0 bridgehead atoms. The minimum absolute atomic E-state index is 0.230. The zero-order chi connectivity index (χ0) is 24.8. The molecule has 0 amide bonds. The normalized spacial score (nSPS) is 20.2. The summed E-state index contributed by atoms with van der Waals surface area (Å²) in [5.74, 6) is 1.31. The highest BCUT2D eigenvalue weighted by Crippen LogP contribution is 2.41. The SMILES string of the molecule is C[C@H]1C[C@@H](Nc2ncnc3c2c(-c2ccccc2)cn3-c2cccc(C(F)(F)F)c2)CC(C)(C)C1. The molecule has 4 aromatic rings. The van der Waals surface area contributed by atoms with Crippen molar-refractivity contribution in [2.75, 3.05) is 5.32 Å². The summed E-state index contributed by atoms with van der Waals surface area (Å²) >= 11 is 0. The van der Waals surface area contributed by atoms with E-state index < -0.39 is 11.7 Å². The van der Waals surface area contributed by atoms with Gasteiger partial charge >= 0.3 is 6.18 Å². The summed E-state index contributed by atoms with van der Waals surface area (Å²) in [7, 11) is 0. The first-order valence-corrected chi connectivity index (χ1v) is 12.0. The summed E-state index contributed by atoms with van der Waals surface area (Å²) in [5.41, 5.74) is 2.35. The van der Waals surface area contributed by atoms with E-state index in [-0.39, 0.29) is 11.5 Å². The maximum atomic E-state index is 13.4. The van der Waals surface area contributed by atoms with Crippen molar-refractivity contribution in [2.24, 2.45) is 11.3 Å². The predicted molar refractivity (Wildman–Crippen MR) is 134 cm³/mol. The van der Waals surface area contributed by atoms with Crippen LogP contribution in [0.5, 0.6) is 0 Å². The molecule has 0 unspecified atom stereocenters. The molecule has 1 aliphatic rings. The van der Waals surface area contributed by atoms with Crippen molar-refractivity contribution in [3.63, 3.8) is 0 Å². The lowest BCUT2D eigenvalue weighted by Gasteiger charge is -2.39. The Morgan fingerprint density at radius 3 is 2.49 bits per heavy atom. The predicted octanol–water partition coefficient (Wildman–Crippen LogP) is 7.73. The minimum atomic E-state index is -4.42. The second kappa shape index (κ2) is 8.70. The van der Waals surface area contributed by atoms with Gasteiger partial charge in [0.1, 0.15) is 12.1 Å². The number of hydrogen-bond acceptors (Lipinski definition) is 3. The second-order valence-electron chi connectivity index (χ2n) is 10.5. The molecule has 0 spiro atoms. The molecular weight excluding hydrogens is 449 g/mol. The second-order valence-corrected chi connectivity index (χ2v) is 10.5. The molecule has 1 aliphatic carbocycles. The number of hydrogen-bond donors (Lipinski definition) is 1. The summed E-state index contributed by atoms with van der Waals surface area (Å²) in [6.45, 7) is 6.88. The Morgan fingerprint density at radius 2 is 1.77 bits per heavy atom. The molecule has 35 heavy (non-hydrogen) atoms. The number of benzene rings is 2. The standard InChI is InChI=1S/C28H29F3N4/c1-18-12-21(15-27(2,3)14-18)34-25-24-23(19-8-5-4-6-9-19)16-35(26(24)33-17-32-25)22-11-7-10-20(13-22)28(29,30)31/h4-11,13,16-18,21H,12,14-15H2,1-3H3,(H,32,33,34)/t18-,21+/m0/s1. The van der Waals surface area contributed by atoms with Crippen LogP contribution in [0.3, 0.4) is 0 Å². The largest absolute Gasteiger partial charge is 0.416 e. The van der Waals surface area contributed by atoms with Crippen LogP contribution in [-0.2, 0) is 6.18 Å². The first kappa shape index (κ1) is 23.4. The van der Waals surface area contributed by atoms with Crippen LogP contribution in [0.25, 0.3) is 27.8 Å². The summed E-state index contributed by atoms with van der Waals surface area (Å²) < 4.78 is 42.1. The van der Waals surface area contributed by atoms with Crippen molar-refractivity contribution < 1.29 is 13.2 Å². The van der Waals surface area contributed by atoms with Crippen molar-refractivity contribution in [3.05, 3.63) is 72.7 Å². The van der Waals surface area contributed by atoms with Crippen LogP contribution in [0, 0.1) is 11.3 Å². The van der Waals surface area contributed by atoms with E-state index >= 15 is 0 Å². The van der Waals surface area contributed by atoms with E-state index in [2.05, 4.69) is 36.1 Å². The lowest BCUT2D eigenvalue weighted by Crippen LogP contribution is -2.35. The molecule has 0 radical (unpaired) electrons. The maximum absolute atomic E-state index is 13.4. The van der Waals surface area contributed by atoms with E-state index in [1.54, 1.807) is 10.6 Å². The van der Waals surface area contributed by atoms with Gasteiger partial charge in [0.2, 0.25) is 0 Å². The molecule has 0 saturated heterocycles. The lowest BCUT2D eigenvalue weighted by atomic mass is 9.70. The number of anilines is 1. The number of halogens is 3. The third kappa shape index (κ3) is 4.77. The van der Waals surface area contributed by atoms with E-state index in [9.17, 15) is 13.2 Å². The van der Waals surface area contributed by atoms with Gasteiger partial charge in [0.05, 0.1) is 10.9 Å². The van der Waals surface area contributed by atoms with Gasteiger partial charge in [-0.15, -0.1) is 0 Å². The summed E-state index contributed by atoms with van der Waals surface area (Å²) in [5, 5.41) is 4.49. The Kier molecular flexibility index (Phi) is 5.82. The fraction of sp³-hybridized carbons (Fsp3) is 0.357. The number of aromatic nitrogens is 3. The van der Waals surface area contributed by atoms with Crippen molar-refractivity contribution >= 4 is 16.9 Å². The number of fused-ring (bicyclic) bond motifs is 1. The zero-order valence-electron chi connectivity index (χ0n) is 20.1. The van der Waals surface area contributed by atoms with Gasteiger partial charge < -0.3 is 9.88 Å². The monoisotopic (exact) mass is 478 g/mol. The van der Waals surface area contributed by atoms with Crippen LogP contribution >= 0.6 is 0 Å². The highest BCUT2D eigenvalue weighted by Gasteiger charge is 2.33.